The summed E-state index contributed by atoms with van der Waals surface area (Å²) in [5, 5.41) is 2.83. The molecule has 1 amide bonds. The summed E-state index contributed by atoms with van der Waals surface area (Å²) in [4.78, 5) is 12.2. The normalized spacial score (nSPS) is 10.1. The molecule has 0 aliphatic heterocycles. The van der Waals surface area contributed by atoms with Gasteiger partial charge < -0.3 is 14.8 Å². The Morgan fingerprint density at radius 1 is 0.840 bits per heavy atom. The van der Waals surface area contributed by atoms with Crippen LogP contribution in [0.3, 0.4) is 0 Å². The molecule has 0 unspecified atom stereocenters. The quantitative estimate of drug-likeness (QED) is 0.704. The number of aryl methyl sites for hydroxylation is 1. The molecule has 0 aliphatic carbocycles. The standard InChI is InChI=1S/C21H19NO3/c1-16-9-5-7-13-19(16)24-15-21(23)22-18-12-6-8-14-20(18)25-17-10-3-2-4-11-17/h2-14H,15H2,1H3,(H,22,23). The molecule has 4 nitrogen and oxygen atoms in total. The number of nitrogens with one attached hydrogen (secondary N) is 1. The molecule has 0 bridgehead atoms. The van der Waals surface area contributed by atoms with Crippen molar-refractivity contribution in [2.75, 3.05) is 11.9 Å². The first-order valence-electron chi connectivity index (χ1n) is 8.02. The lowest BCUT2D eigenvalue weighted by Crippen LogP contribution is -2.20. The second kappa shape index (κ2) is 8.02. The highest BCUT2D eigenvalue weighted by atomic mass is 16.5. The molecule has 0 fully saturated rings. The summed E-state index contributed by atoms with van der Waals surface area (Å²) in [5.41, 5.74) is 1.59. The van der Waals surface area contributed by atoms with Crippen molar-refractivity contribution >= 4 is 11.6 Å². The van der Waals surface area contributed by atoms with Crippen LogP contribution in [-0.2, 0) is 4.79 Å². The maximum absolute atomic E-state index is 12.2. The zero-order valence-electron chi connectivity index (χ0n) is 13.9. The highest BCUT2D eigenvalue weighted by molar-refractivity contribution is 5.93. The first-order valence-corrected chi connectivity index (χ1v) is 8.02. The molecule has 0 spiro atoms. The van der Waals surface area contributed by atoms with Crippen LogP contribution in [0.1, 0.15) is 5.56 Å². The maximum Gasteiger partial charge on any atom is 0.262 e. The van der Waals surface area contributed by atoms with E-state index in [4.69, 9.17) is 9.47 Å². The Kier molecular flexibility index (Phi) is 5.32. The van der Waals surface area contributed by atoms with Gasteiger partial charge in [0.1, 0.15) is 11.5 Å². The Balaban J connectivity index is 1.64. The SMILES string of the molecule is Cc1ccccc1OCC(=O)Nc1ccccc1Oc1ccccc1. The van der Waals surface area contributed by atoms with Crippen LogP contribution in [0, 0.1) is 6.92 Å². The molecule has 3 rings (SSSR count). The third-order valence-electron chi connectivity index (χ3n) is 3.58. The van der Waals surface area contributed by atoms with Crippen LogP contribution in [0.4, 0.5) is 5.69 Å². The average molecular weight is 333 g/mol. The van der Waals surface area contributed by atoms with Crippen molar-refractivity contribution in [1.82, 2.24) is 0 Å². The number of hydrogen-bond donors (Lipinski definition) is 1. The molecular formula is C21H19NO3. The van der Waals surface area contributed by atoms with Gasteiger partial charge in [-0.2, -0.15) is 0 Å². The van der Waals surface area contributed by atoms with Crippen LogP contribution < -0.4 is 14.8 Å². The van der Waals surface area contributed by atoms with Gasteiger partial charge in [0.15, 0.2) is 12.4 Å². The van der Waals surface area contributed by atoms with Crippen molar-refractivity contribution in [1.29, 1.82) is 0 Å². The second-order valence-corrected chi connectivity index (χ2v) is 5.51. The van der Waals surface area contributed by atoms with E-state index in [9.17, 15) is 4.79 Å². The number of hydrogen-bond acceptors (Lipinski definition) is 3. The minimum Gasteiger partial charge on any atom is -0.483 e. The number of carbonyl (C=O) groups is 1. The van der Waals surface area contributed by atoms with Gasteiger partial charge in [-0.05, 0) is 42.8 Å². The van der Waals surface area contributed by atoms with Gasteiger partial charge in [0.25, 0.3) is 5.91 Å². The third kappa shape index (κ3) is 4.61. The fourth-order valence-corrected chi connectivity index (χ4v) is 2.32. The van der Waals surface area contributed by atoms with Crippen molar-refractivity contribution in [2.24, 2.45) is 0 Å². The Hall–Kier alpha value is -3.27. The van der Waals surface area contributed by atoms with Gasteiger partial charge in [-0.3, -0.25) is 4.79 Å². The fraction of sp³-hybridized carbons (Fsp3) is 0.0952. The zero-order valence-corrected chi connectivity index (χ0v) is 13.9. The summed E-state index contributed by atoms with van der Waals surface area (Å²) >= 11 is 0. The van der Waals surface area contributed by atoms with Crippen LogP contribution in [0.2, 0.25) is 0 Å². The molecule has 0 heterocycles. The van der Waals surface area contributed by atoms with E-state index in [2.05, 4.69) is 5.32 Å². The van der Waals surface area contributed by atoms with Crippen molar-refractivity contribution in [3.8, 4) is 17.2 Å². The van der Waals surface area contributed by atoms with E-state index >= 15 is 0 Å². The lowest BCUT2D eigenvalue weighted by atomic mass is 10.2. The van der Waals surface area contributed by atoms with Gasteiger partial charge in [-0.15, -0.1) is 0 Å². The first kappa shape index (κ1) is 16.6. The highest BCUT2D eigenvalue weighted by Gasteiger charge is 2.09. The van der Waals surface area contributed by atoms with Gasteiger partial charge in [-0.25, -0.2) is 0 Å². The van der Waals surface area contributed by atoms with Crippen LogP contribution in [0.15, 0.2) is 78.9 Å². The number of ether oxygens (including phenoxy) is 2. The Morgan fingerprint density at radius 2 is 1.48 bits per heavy atom. The van der Waals surface area contributed by atoms with E-state index < -0.39 is 0 Å². The molecule has 1 N–H and O–H groups in total. The highest BCUT2D eigenvalue weighted by Crippen LogP contribution is 2.29. The number of anilines is 1. The first-order chi connectivity index (χ1) is 12.2. The van der Waals surface area contributed by atoms with Crippen LogP contribution in [0.25, 0.3) is 0 Å². The maximum atomic E-state index is 12.2. The minimum atomic E-state index is -0.243. The summed E-state index contributed by atoms with van der Waals surface area (Å²) in [6, 6.07) is 24.3. The predicted octanol–water partition coefficient (Wildman–Crippen LogP) is 4.80. The summed E-state index contributed by atoms with van der Waals surface area (Å²) < 4.78 is 11.4. The summed E-state index contributed by atoms with van der Waals surface area (Å²) in [6.07, 6.45) is 0. The molecule has 0 saturated heterocycles. The number of para-hydroxylation sites is 4. The van der Waals surface area contributed by atoms with E-state index in [-0.39, 0.29) is 12.5 Å². The van der Waals surface area contributed by atoms with Crippen LogP contribution in [0.5, 0.6) is 17.2 Å². The topological polar surface area (TPSA) is 47.6 Å². The molecule has 25 heavy (non-hydrogen) atoms. The monoisotopic (exact) mass is 333 g/mol. The lowest BCUT2D eigenvalue weighted by molar-refractivity contribution is -0.118. The van der Waals surface area contributed by atoms with Crippen molar-refractivity contribution in [3.05, 3.63) is 84.4 Å². The predicted molar refractivity (Wildman–Crippen MR) is 98.3 cm³/mol. The smallest absolute Gasteiger partial charge is 0.262 e. The van der Waals surface area contributed by atoms with Crippen molar-refractivity contribution < 1.29 is 14.3 Å². The minimum absolute atomic E-state index is 0.0650. The largest absolute Gasteiger partial charge is 0.483 e. The average Bonchev–Trinajstić information content (AvgIpc) is 2.64. The van der Waals surface area contributed by atoms with Gasteiger partial charge in [0.2, 0.25) is 0 Å². The third-order valence-corrected chi connectivity index (χ3v) is 3.58. The Labute approximate surface area is 147 Å². The van der Waals surface area contributed by atoms with E-state index in [1.807, 2.05) is 79.7 Å². The molecule has 0 aliphatic rings. The number of amides is 1. The van der Waals surface area contributed by atoms with Crippen molar-refractivity contribution in [3.63, 3.8) is 0 Å². The van der Waals surface area contributed by atoms with Crippen molar-refractivity contribution in [2.45, 2.75) is 6.92 Å². The van der Waals surface area contributed by atoms with E-state index in [0.29, 0.717) is 22.9 Å². The molecule has 0 radical (unpaired) electrons. The summed E-state index contributed by atoms with van der Waals surface area (Å²) in [5.74, 6) is 1.75. The molecule has 0 saturated carbocycles. The van der Waals surface area contributed by atoms with E-state index in [0.717, 1.165) is 5.56 Å². The number of rotatable bonds is 6. The van der Waals surface area contributed by atoms with E-state index in [1.54, 1.807) is 6.07 Å². The molecular weight excluding hydrogens is 314 g/mol. The van der Waals surface area contributed by atoms with Crippen LogP contribution >= 0.6 is 0 Å². The molecule has 126 valence electrons. The second-order valence-electron chi connectivity index (χ2n) is 5.51. The molecule has 3 aromatic rings. The van der Waals surface area contributed by atoms with Crippen LogP contribution in [-0.4, -0.2) is 12.5 Å². The number of benzene rings is 3. The van der Waals surface area contributed by atoms with Gasteiger partial charge in [0, 0.05) is 0 Å². The van der Waals surface area contributed by atoms with Gasteiger partial charge in [0.05, 0.1) is 5.69 Å². The molecule has 3 aromatic carbocycles. The Morgan fingerprint density at radius 3 is 2.24 bits per heavy atom. The Bertz CT molecular complexity index is 847. The lowest BCUT2D eigenvalue weighted by Gasteiger charge is -2.13. The molecule has 4 heteroatoms. The summed E-state index contributed by atoms with van der Waals surface area (Å²) in [6.45, 7) is 1.88. The van der Waals surface area contributed by atoms with E-state index in [1.165, 1.54) is 0 Å². The number of carbonyl (C=O) groups excluding carboxylic acids is 1. The molecule has 0 atom stereocenters. The fourth-order valence-electron chi connectivity index (χ4n) is 2.32. The zero-order chi connectivity index (χ0) is 17.5. The molecule has 0 aromatic heterocycles. The van der Waals surface area contributed by atoms with Gasteiger partial charge in [-0.1, -0.05) is 48.5 Å². The van der Waals surface area contributed by atoms with Gasteiger partial charge >= 0.3 is 0 Å². The summed E-state index contributed by atoms with van der Waals surface area (Å²) in [7, 11) is 0.